The van der Waals surface area contributed by atoms with Crippen molar-refractivity contribution in [3.63, 3.8) is 0 Å². The van der Waals surface area contributed by atoms with E-state index in [1.165, 1.54) is 13.2 Å². The number of ketones is 1. The SMILES string of the molecule is CCOC(=O)C(CC(=O)C(C)(C)C)=NNC(=O)c1cccc(OC)c1. The summed E-state index contributed by atoms with van der Waals surface area (Å²) >= 11 is 0. The number of Topliss-reactive ketones (excluding diaryl/α,β-unsaturated/α-hetero) is 1. The Balaban J connectivity index is 2.95. The Morgan fingerprint density at radius 2 is 1.88 bits per heavy atom. The molecule has 136 valence electrons. The second kappa shape index (κ2) is 8.96. The van der Waals surface area contributed by atoms with Crippen LogP contribution in [0.5, 0.6) is 5.75 Å². The van der Waals surface area contributed by atoms with Crippen molar-refractivity contribution in [2.24, 2.45) is 10.5 Å². The van der Waals surface area contributed by atoms with Gasteiger partial charge in [0.1, 0.15) is 11.5 Å². The number of ether oxygens (including phenoxy) is 2. The Morgan fingerprint density at radius 1 is 1.20 bits per heavy atom. The average Bonchev–Trinajstić information content (AvgIpc) is 2.57. The van der Waals surface area contributed by atoms with Gasteiger partial charge in [0.05, 0.1) is 20.1 Å². The summed E-state index contributed by atoms with van der Waals surface area (Å²) in [5.74, 6) is -0.921. The van der Waals surface area contributed by atoms with Gasteiger partial charge in [-0.2, -0.15) is 5.10 Å². The van der Waals surface area contributed by atoms with E-state index in [-0.39, 0.29) is 24.5 Å². The molecule has 0 spiro atoms. The predicted octanol–water partition coefficient (Wildman–Crippen LogP) is 2.35. The summed E-state index contributed by atoms with van der Waals surface area (Å²) in [5, 5.41) is 3.81. The van der Waals surface area contributed by atoms with E-state index in [0.717, 1.165) is 0 Å². The number of methoxy groups -OCH3 is 1. The van der Waals surface area contributed by atoms with Crippen molar-refractivity contribution >= 4 is 23.4 Å². The van der Waals surface area contributed by atoms with Crippen LogP contribution in [0.25, 0.3) is 0 Å². The first-order valence-corrected chi connectivity index (χ1v) is 7.90. The highest BCUT2D eigenvalue weighted by atomic mass is 16.5. The van der Waals surface area contributed by atoms with E-state index < -0.39 is 17.3 Å². The smallest absolute Gasteiger partial charge is 0.354 e. The fourth-order valence-electron chi connectivity index (χ4n) is 1.74. The zero-order valence-corrected chi connectivity index (χ0v) is 15.2. The van der Waals surface area contributed by atoms with Gasteiger partial charge in [-0.25, -0.2) is 10.2 Å². The van der Waals surface area contributed by atoms with Gasteiger partial charge in [-0.05, 0) is 25.1 Å². The van der Waals surface area contributed by atoms with Crippen LogP contribution in [0.3, 0.4) is 0 Å². The lowest BCUT2D eigenvalue weighted by Gasteiger charge is -2.16. The van der Waals surface area contributed by atoms with Gasteiger partial charge in [-0.3, -0.25) is 9.59 Å². The molecule has 0 aromatic heterocycles. The first-order chi connectivity index (χ1) is 11.7. The van der Waals surface area contributed by atoms with Crippen molar-refractivity contribution in [1.82, 2.24) is 5.43 Å². The van der Waals surface area contributed by atoms with Crippen LogP contribution in [0.4, 0.5) is 0 Å². The molecule has 25 heavy (non-hydrogen) atoms. The normalized spacial score (nSPS) is 11.6. The molecule has 7 nitrogen and oxygen atoms in total. The maximum atomic E-state index is 12.2. The van der Waals surface area contributed by atoms with Gasteiger partial charge in [0.15, 0.2) is 5.71 Å². The van der Waals surface area contributed by atoms with Gasteiger partial charge in [0, 0.05) is 11.0 Å². The molecule has 1 aromatic rings. The summed E-state index contributed by atoms with van der Waals surface area (Å²) in [6.45, 7) is 7.02. The van der Waals surface area contributed by atoms with Crippen LogP contribution >= 0.6 is 0 Å². The molecule has 1 amide bonds. The van der Waals surface area contributed by atoms with E-state index in [4.69, 9.17) is 9.47 Å². The summed E-state index contributed by atoms with van der Waals surface area (Å²) in [6.07, 6.45) is -0.222. The fourth-order valence-corrected chi connectivity index (χ4v) is 1.74. The van der Waals surface area contributed by atoms with Crippen LogP contribution in [-0.4, -0.2) is 37.1 Å². The Kier molecular flexibility index (Phi) is 7.29. The molecule has 0 radical (unpaired) electrons. The van der Waals surface area contributed by atoms with E-state index in [2.05, 4.69) is 10.5 Å². The van der Waals surface area contributed by atoms with Crippen LogP contribution in [0.15, 0.2) is 29.4 Å². The topological polar surface area (TPSA) is 94.1 Å². The molecule has 0 heterocycles. The maximum absolute atomic E-state index is 12.2. The van der Waals surface area contributed by atoms with E-state index in [9.17, 15) is 14.4 Å². The minimum atomic E-state index is -0.731. The third-order valence-electron chi connectivity index (χ3n) is 3.30. The number of rotatable bonds is 7. The van der Waals surface area contributed by atoms with Crippen LogP contribution in [0.2, 0.25) is 0 Å². The molecular weight excluding hydrogens is 324 g/mol. The minimum Gasteiger partial charge on any atom is -0.497 e. The van der Waals surface area contributed by atoms with Gasteiger partial charge in [-0.15, -0.1) is 0 Å². The van der Waals surface area contributed by atoms with E-state index in [1.807, 2.05) is 0 Å². The molecule has 0 fully saturated rings. The van der Waals surface area contributed by atoms with Crippen LogP contribution in [0, 0.1) is 5.41 Å². The van der Waals surface area contributed by atoms with Gasteiger partial charge >= 0.3 is 5.97 Å². The van der Waals surface area contributed by atoms with Gasteiger partial charge in [0.2, 0.25) is 0 Å². The van der Waals surface area contributed by atoms with Crippen LogP contribution in [-0.2, 0) is 14.3 Å². The van der Waals surface area contributed by atoms with Crippen molar-refractivity contribution in [2.45, 2.75) is 34.1 Å². The number of hydrazone groups is 1. The third kappa shape index (κ3) is 6.37. The lowest BCUT2D eigenvalue weighted by Crippen LogP contribution is -2.30. The number of hydrogen-bond acceptors (Lipinski definition) is 6. The second-order valence-electron chi connectivity index (χ2n) is 6.30. The van der Waals surface area contributed by atoms with E-state index >= 15 is 0 Å². The lowest BCUT2D eigenvalue weighted by atomic mass is 9.88. The Morgan fingerprint density at radius 3 is 2.44 bits per heavy atom. The molecule has 0 saturated carbocycles. The van der Waals surface area contributed by atoms with Crippen molar-refractivity contribution < 1.29 is 23.9 Å². The largest absolute Gasteiger partial charge is 0.497 e. The van der Waals surface area contributed by atoms with Gasteiger partial charge in [-0.1, -0.05) is 26.8 Å². The molecule has 1 N–H and O–H groups in total. The highest BCUT2D eigenvalue weighted by Crippen LogP contribution is 2.17. The first-order valence-electron chi connectivity index (χ1n) is 7.90. The minimum absolute atomic E-state index is 0.141. The van der Waals surface area contributed by atoms with Crippen molar-refractivity contribution in [3.05, 3.63) is 29.8 Å². The zero-order valence-electron chi connectivity index (χ0n) is 15.2. The number of benzene rings is 1. The second-order valence-corrected chi connectivity index (χ2v) is 6.30. The molecule has 0 aliphatic carbocycles. The molecule has 0 bridgehead atoms. The quantitative estimate of drug-likeness (QED) is 0.464. The zero-order chi connectivity index (χ0) is 19.0. The Hall–Kier alpha value is -2.70. The maximum Gasteiger partial charge on any atom is 0.354 e. The summed E-state index contributed by atoms with van der Waals surface area (Å²) in [6, 6.07) is 6.48. The number of carbonyl (C=O) groups is 3. The number of carbonyl (C=O) groups excluding carboxylic acids is 3. The van der Waals surface area contributed by atoms with Crippen molar-refractivity contribution in [2.75, 3.05) is 13.7 Å². The number of hydrogen-bond donors (Lipinski definition) is 1. The molecule has 0 saturated heterocycles. The standard InChI is InChI=1S/C18H24N2O5/c1-6-25-17(23)14(11-15(21)18(2,3)4)19-20-16(22)12-8-7-9-13(10-12)24-5/h7-10H,6,11H2,1-5H3,(H,20,22). The van der Waals surface area contributed by atoms with Crippen molar-refractivity contribution in [3.8, 4) is 5.75 Å². The highest BCUT2D eigenvalue weighted by Gasteiger charge is 2.26. The van der Waals surface area contributed by atoms with E-state index in [0.29, 0.717) is 11.3 Å². The lowest BCUT2D eigenvalue weighted by molar-refractivity contribution is -0.136. The van der Waals surface area contributed by atoms with Crippen LogP contribution in [0.1, 0.15) is 44.5 Å². The number of esters is 1. The summed E-state index contributed by atoms with van der Waals surface area (Å²) in [5.41, 5.74) is 1.82. The predicted molar refractivity (Wildman–Crippen MR) is 93.6 cm³/mol. The fraction of sp³-hybridized carbons (Fsp3) is 0.444. The summed E-state index contributed by atoms with van der Waals surface area (Å²) in [4.78, 5) is 36.3. The van der Waals surface area contributed by atoms with E-state index in [1.54, 1.807) is 45.9 Å². The molecule has 7 heteroatoms. The van der Waals surface area contributed by atoms with Gasteiger partial charge < -0.3 is 9.47 Å². The summed E-state index contributed by atoms with van der Waals surface area (Å²) in [7, 11) is 1.49. The summed E-state index contributed by atoms with van der Waals surface area (Å²) < 4.78 is 9.96. The Bertz CT molecular complexity index is 674. The molecule has 0 atom stereocenters. The molecule has 0 aliphatic heterocycles. The monoisotopic (exact) mass is 348 g/mol. The Labute approximate surface area is 147 Å². The molecule has 1 rings (SSSR count). The highest BCUT2D eigenvalue weighted by molar-refractivity contribution is 6.40. The number of amides is 1. The first kappa shape index (κ1) is 20.3. The van der Waals surface area contributed by atoms with Crippen LogP contribution < -0.4 is 10.2 Å². The number of nitrogens with zero attached hydrogens (tertiary/aromatic N) is 1. The molecule has 0 aliphatic rings. The molecule has 1 aromatic carbocycles. The average molecular weight is 348 g/mol. The van der Waals surface area contributed by atoms with Crippen molar-refractivity contribution in [1.29, 1.82) is 0 Å². The third-order valence-corrected chi connectivity index (χ3v) is 3.30. The van der Waals surface area contributed by atoms with Gasteiger partial charge in [0.25, 0.3) is 5.91 Å². The number of nitrogens with one attached hydrogen (secondary N) is 1. The molecule has 0 unspecified atom stereocenters. The molecular formula is C18H24N2O5.